The van der Waals surface area contributed by atoms with Gasteiger partial charge in [-0.1, -0.05) is 104 Å². The van der Waals surface area contributed by atoms with Crippen LogP contribution in [0, 0.1) is 5.92 Å². The van der Waals surface area contributed by atoms with Crippen LogP contribution in [0.2, 0.25) is 0 Å². The van der Waals surface area contributed by atoms with Gasteiger partial charge >= 0.3 is 0 Å². The van der Waals surface area contributed by atoms with Crippen molar-refractivity contribution in [3.63, 3.8) is 0 Å². The van der Waals surface area contributed by atoms with Crippen molar-refractivity contribution in [1.29, 1.82) is 0 Å². The Bertz CT molecular complexity index is 1190. The van der Waals surface area contributed by atoms with E-state index in [1.807, 2.05) is 0 Å². The van der Waals surface area contributed by atoms with Crippen LogP contribution in [0.4, 0.5) is 11.4 Å². The fraction of sp³-hybridized carbons (Fsp3) is 0.176. The predicted octanol–water partition coefficient (Wildman–Crippen LogP) is 8.02. The second-order valence-electron chi connectivity index (χ2n) is 9.63. The average Bonchev–Trinajstić information content (AvgIpc) is 2.91. The first-order valence-electron chi connectivity index (χ1n) is 12.5. The minimum absolute atomic E-state index is 0.220. The van der Waals surface area contributed by atoms with Crippen molar-refractivity contribution in [2.75, 3.05) is 38.0 Å². The molecule has 36 heavy (non-hydrogen) atoms. The molecule has 0 N–H and O–H groups in total. The fourth-order valence-corrected chi connectivity index (χ4v) is 4.41. The molecule has 182 valence electrons. The van der Waals surface area contributed by atoms with Crippen molar-refractivity contribution < 1.29 is 0 Å². The molecular formula is C34H36N2. The third-order valence-electron chi connectivity index (χ3n) is 6.42. The second-order valence-corrected chi connectivity index (χ2v) is 9.63. The topological polar surface area (TPSA) is 6.48 Å². The van der Waals surface area contributed by atoms with E-state index >= 15 is 0 Å². The van der Waals surface area contributed by atoms with Crippen LogP contribution in [-0.4, -0.2) is 28.2 Å². The smallest absolute Gasteiger partial charge is 0.0361 e. The summed E-state index contributed by atoms with van der Waals surface area (Å²) < 4.78 is 0. The van der Waals surface area contributed by atoms with E-state index in [-0.39, 0.29) is 5.92 Å². The van der Waals surface area contributed by atoms with E-state index in [1.165, 1.54) is 44.8 Å². The van der Waals surface area contributed by atoms with Gasteiger partial charge in [-0.2, -0.15) is 0 Å². The molecule has 4 rings (SSSR count). The zero-order chi connectivity index (χ0) is 25.5. The van der Waals surface area contributed by atoms with Crippen LogP contribution in [0.25, 0.3) is 11.1 Å². The molecule has 4 aromatic rings. The van der Waals surface area contributed by atoms with Gasteiger partial charge in [0.2, 0.25) is 0 Å². The Kier molecular flexibility index (Phi) is 8.07. The van der Waals surface area contributed by atoms with E-state index in [2.05, 4.69) is 166 Å². The maximum absolute atomic E-state index is 2.39. The zero-order valence-corrected chi connectivity index (χ0v) is 22.0. The standard InChI is InChI=1S/C34H36N2/c1-26(24-33(27-12-8-6-9-13-27)29-16-20-31(21-17-29)35(2)3)25-34(28-14-10-7-11-15-28)30-18-22-32(23-19-30)36(4)5/h6-26H,1-5H3/b33-24-,34-25-. The van der Waals surface area contributed by atoms with Crippen molar-refractivity contribution in [3.05, 3.63) is 144 Å². The largest absolute Gasteiger partial charge is 0.378 e. The summed E-state index contributed by atoms with van der Waals surface area (Å²) in [6.07, 6.45) is 4.77. The first kappa shape index (κ1) is 25.1. The van der Waals surface area contributed by atoms with E-state index < -0.39 is 0 Å². The number of nitrogens with zero attached hydrogens (tertiary/aromatic N) is 2. The Balaban J connectivity index is 1.77. The van der Waals surface area contributed by atoms with Crippen molar-refractivity contribution in [2.45, 2.75) is 6.92 Å². The highest BCUT2D eigenvalue weighted by Crippen LogP contribution is 2.30. The van der Waals surface area contributed by atoms with Gasteiger partial charge in [0.15, 0.2) is 0 Å². The Morgan fingerprint density at radius 2 is 0.778 bits per heavy atom. The molecule has 0 aromatic heterocycles. The molecule has 0 atom stereocenters. The summed E-state index contributed by atoms with van der Waals surface area (Å²) in [4.78, 5) is 4.27. The number of rotatable bonds is 8. The lowest BCUT2D eigenvalue weighted by Gasteiger charge is -2.17. The van der Waals surface area contributed by atoms with Gasteiger partial charge in [-0.3, -0.25) is 0 Å². The molecular weight excluding hydrogens is 436 g/mol. The minimum atomic E-state index is 0.220. The number of hydrogen-bond donors (Lipinski definition) is 0. The first-order chi connectivity index (χ1) is 17.4. The molecule has 0 aliphatic rings. The van der Waals surface area contributed by atoms with Crippen LogP contribution in [0.3, 0.4) is 0 Å². The number of anilines is 2. The lowest BCUT2D eigenvalue weighted by Crippen LogP contribution is -2.08. The second kappa shape index (κ2) is 11.6. The molecule has 0 saturated heterocycles. The average molecular weight is 473 g/mol. The van der Waals surface area contributed by atoms with E-state index in [4.69, 9.17) is 0 Å². The quantitative estimate of drug-likeness (QED) is 0.256. The van der Waals surface area contributed by atoms with Crippen molar-refractivity contribution in [2.24, 2.45) is 5.92 Å². The van der Waals surface area contributed by atoms with Gasteiger partial charge in [-0.05, 0) is 63.6 Å². The van der Waals surface area contributed by atoms with Crippen molar-refractivity contribution in [1.82, 2.24) is 0 Å². The van der Waals surface area contributed by atoms with Gasteiger partial charge < -0.3 is 9.80 Å². The van der Waals surface area contributed by atoms with Gasteiger partial charge in [0, 0.05) is 39.6 Å². The summed E-state index contributed by atoms with van der Waals surface area (Å²) in [6, 6.07) is 39.0. The summed E-state index contributed by atoms with van der Waals surface area (Å²) in [5.41, 5.74) is 9.81. The number of benzene rings is 4. The number of hydrogen-bond acceptors (Lipinski definition) is 2. The highest BCUT2D eigenvalue weighted by Gasteiger charge is 2.11. The predicted molar refractivity (Wildman–Crippen MR) is 158 cm³/mol. The lowest BCUT2D eigenvalue weighted by atomic mass is 9.90. The maximum Gasteiger partial charge on any atom is 0.0361 e. The van der Waals surface area contributed by atoms with Gasteiger partial charge in [0.05, 0.1) is 0 Å². The van der Waals surface area contributed by atoms with E-state index in [0.29, 0.717) is 0 Å². The molecule has 0 spiro atoms. The van der Waals surface area contributed by atoms with Crippen LogP contribution in [0.5, 0.6) is 0 Å². The van der Waals surface area contributed by atoms with Crippen molar-refractivity contribution in [3.8, 4) is 0 Å². The van der Waals surface area contributed by atoms with Crippen LogP contribution in [0.1, 0.15) is 29.2 Å². The first-order valence-corrected chi connectivity index (χ1v) is 12.5. The van der Waals surface area contributed by atoms with Crippen LogP contribution in [0.15, 0.2) is 121 Å². The third-order valence-corrected chi connectivity index (χ3v) is 6.42. The molecule has 0 radical (unpaired) electrons. The monoisotopic (exact) mass is 472 g/mol. The van der Waals surface area contributed by atoms with Crippen LogP contribution in [-0.2, 0) is 0 Å². The molecule has 0 bridgehead atoms. The Morgan fingerprint density at radius 1 is 0.472 bits per heavy atom. The summed E-state index contributed by atoms with van der Waals surface area (Å²) in [7, 11) is 8.30. The third kappa shape index (κ3) is 6.14. The Labute approximate surface area is 216 Å². The lowest BCUT2D eigenvalue weighted by molar-refractivity contribution is 0.944. The minimum Gasteiger partial charge on any atom is -0.378 e. The summed E-state index contributed by atoms with van der Waals surface area (Å²) >= 11 is 0. The summed E-state index contributed by atoms with van der Waals surface area (Å²) in [5.74, 6) is 0.220. The number of allylic oxidation sites excluding steroid dienone is 2. The molecule has 0 unspecified atom stereocenters. The molecule has 0 aliphatic carbocycles. The zero-order valence-electron chi connectivity index (χ0n) is 22.0. The fourth-order valence-electron chi connectivity index (χ4n) is 4.41. The SMILES string of the molecule is CC(/C=C(/c1ccccc1)c1ccc(N(C)C)cc1)/C=C(/c1ccccc1)c1ccc(N(C)C)cc1. The summed E-state index contributed by atoms with van der Waals surface area (Å²) in [5, 5.41) is 0. The van der Waals surface area contributed by atoms with Gasteiger partial charge in [-0.15, -0.1) is 0 Å². The van der Waals surface area contributed by atoms with Gasteiger partial charge in [0.25, 0.3) is 0 Å². The Morgan fingerprint density at radius 3 is 1.08 bits per heavy atom. The van der Waals surface area contributed by atoms with Crippen LogP contribution < -0.4 is 9.80 Å². The summed E-state index contributed by atoms with van der Waals surface area (Å²) in [6.45, 7) is 2.27. The molecule has 0 aliphatic heterocycles. The van der Waals surface area contributed by atoms with Gasteiger partial charge in [0.1, 0.15) is 0 Å². The van der Waals surface area contributed by atoms with Crippen LogP contribution >= 0.6 is 0 Å². The van der Waals surface area contributed by atoms with E-state index in [0.717, 1.165) is 0 Å². The molecule has 0 saturated carbocycles. The molecule has 0 amide bonds. The van der Waals surface area contributed by atoms with Gasteiger partial charge in [-0.25, -0.2) is 0 Å². The van der Waals surface area contributed by atoms with Crippen molar-refractivity contribution >= 4 is 22.5 Å². The molecule has 0 fully saturated rings. The van der Waals surface area contributed by atoms with E-state index in [9.17, 15) is 0 Å². The molecule has 4 aromatic carbocycles. The highest BCUT2D eigenvalue weighted by atomic mass is 15.1. The molecule has 2 nitrogen and oxygen atoms in total. The van der Waals surface area contributed by atoms with E-state index in [1.54, 1.807) is 0 Å². The molecule has 0 heterocycles. The Hall–Kier alpha value is -4.04. The highest BCUT2D eigenvalue weighted by molar-refractivity contribution is 5.83. The maximum atomic E-state index is 2.39. The molecule has 2 heteroatoms. The normalized spacial score (nSPS) is 12.1.